The highest BCUT2D eigenvalue weighted by Crippen LogP contribution is 2.27. The summed E-state index contributed by atoms with van der Waals surface area (Å²) in [4.78, 5) is 6.70. The van der Waals surface area contributed by atoms with Crippen LogP contribution in [0, 0.1) is 5.82 Å². The molecule has 2 aromatic heterocycles. The van der Waals surface area contributed by atoms with Gasteiger partial charge in [-0.15, -0.1) is 10.2 Å². The molecule has 8 heteroatoms. The van der Waals surface area contributed by atoms with E-state index in [1.54, 1.807) is 10.5 Å². The van der Waals surface area contributed by atoms with Gasteiger partial charge in [0.1, 0.15) is 11.8 Å². The second-order valence-electron chi connectivity index (χ2n) is 4.95. The van der Waals surface area contributed by atoms with Gasteiger partial charge in [-0.05, 0) is 12.1 Å². The first kappa shape index (κ1) is 12.7. The molecular weight excluding hydrogens is 295 g/mol. The van der Waals surface area contributed by atoms with Crippen LogP contribution < -0.4 is 10.2 Å². The Bertz CT molecular complexity index is 826. The third-order valence-corrected chi connectivity index (χ3v) is 3.86. The van der Waals surface area contributed by atoms with E-state index >= 15 is 0 Å². The average molecular weight is 307 g/mol. The molecule has 1 saturated heterocycles. The summed E-state index contributed by atoms with van der Waals surface area (Å²) in [5, 5.41) is 11.6. The first-order chi connectivity index (χ1) is 10.2. The molecule has 0 unspecified atom stereocenters. The van der Waals surface area contributed by atoms with E-state index in [9.17, 15) is 4.39 Å². The average Bonchev–Trinajstić information content (AvgIpc) is 2.95. The van der Waals surface area contributed by atoms with Gasteiger partial charge >= 0.3 is 0 Å². The number of hydrogen-bond donors (Lipinski definition) is 1. The molecule has 1 aliphatic rings. The Hall–Kier alpha value is -1.99. The Labute approximate surface area is 124 Å². The van der Waals surface area contributed by atoms with Crippen LogP contribution >= 0.6 is 11.6 Å². The first-order valence-corrected chi connectivity index (χ1v) is 7.06. The molecule has 4 rings (SSSR count). The molecule has 0 atom stereocenters. The van der Waals surface area contributed by atoms with Gasteiger partial charge in [-0.3, -0.25) is 4.40 Å². The molecule has 1 aliphatic heterocycles. The summed E-state index contributed by atoms with van der Waals surface area (Å²) >= 11 is 5.94. The maximum Gasteiger partial charge on any atom is 0.204 e. The fraction of sp³-hybridized carbons (Fsp3) is 0.308. The third kappa shape index (κ3) is 2.00. The van der Waals surface area contributed by atoms with Crippen LogP contribution in [0.4, 0.5) is 10.2 Å². The van der Waals surface area contributed by atoms with Gasteiger partial charge in [-0.1, -0.05) is 11.6 Å². The predicted octanol–water partition coefficient (Wildman–Crippen LogP) is 1.48. The molecule has 0 spiro atoms. The van der Waals surface area contributed by atoms with Crippen molar-refractivity contribution in [2.75, 3.05) is 31.1 Å². The zero-order valence-corrected chi connectivity index (χ0v) is 11.8. The van der Waals surface area contributed by atoms with Gasteiger partial charge < -0.3 is 10.2 Å². The Morgan fingerprint density at radius 3 is 2.86 bits per heavy atom. The summed E-state index contributed by atoms with van der Waals surface area (Å²) < 4.78 is 15.8. The summed E-state index contributed by atoms with van der Waals surface area (Å²) in [7, 11) is 0. The number of halogens is 2. The molecule has 0 saturated carbocycles. The minimum atomic E-state index is -0.429. The van der Waals surface area contributed by atoms with Crippen LogP contribution in [-0.4, -0.2) is 45.8 Å². The summed E-state index contributed by atoms with van der Waals surface area (Å²) in [6.07, 6.45) is 1.50. The quantitative estimate of drug-likeness (QED) is 0.738. The molecule has 0 aliphatic carbocycles. The lowest BCUT2D eigenvalue weighted by molar-refractivity contribution is 0.585. The Balaban J connectivity index is 2.03. The molecule has 0 bridgehead atoms. The van der Waals surface area contributed by atoms with Crippen LogP contribution in [0.1, 0.15) is 0 Å². The zero-order valence-electron chi connectivity index (χ0n) is 11.1. The van der Waals surface area contributed by atoms with Crippen molar-refractivity contribution in [1.82, 2.24) is 24.9 Å². The Morgan fingerprint density at radius 1 is 1.24 bits per heavy atom. The van der Waals surface area contributed by atoms with E-state index in [4.69, 9.17) is 11.6 Å². The number of fused-ring (bicyclic) bond motifs is 3. The second-order valence-corrected chi connectivity index (χ2v) is 5.39. The molecule has 0 amide bonds. The highest BCUT2D eigenvalue weighted by Gasteiger charge is 2.20. The largest absolute Gasteiger partial charge is 0.351 e. The van der Waals surface area contributed by atoms with Crippen LogP contribution in [0.3, 0.4) is 0 Å². The van der Waals surface area contributed by atoms with Crippen molar-refractivity contribution >= 4 is 34.1 Å². The van der Waals surface area contributed by atoms with Crippen molar-refractivity contribution in [1.29, 1.82) is 0 Å². The number of nitrogens with zero attached hydrogens (tertiary/aromatic N) is 5. The molecule has 3 aromatic rings. The van der Waals surface area contributed by atoms with E-state index in [-0.39, 0.29) is 0 Å². The number of benzene rings is 1. The van der Waals surface area contributed by atoms with Crippen molar-refractivity contribution in [2.24, 2.45) is 0 Å². The van der Waals surface area contributed by atoms with Gasteiger partial charge in [0, 0.05) is 31.2 Å². The molecule has 1 N–H and O–H groups in total. The Kier molecular flexibility index (Phi) is 2.90. The van der Waals surface area contributed by atoms with Crippen LogP contribution in [0.2, 0.25) is 5.02 Å². The number of rotatable bonds is 1. The van der Waals surface area contributed by atoms with Gasteiger partial charge in [0.25, 0.3) is 0 Å². The SMILES string of the molecule is Fc1cc(Cl)cc2nc(N3CCNCC3)c3nncn3c12. The number of piperazine rings is 1. The lowest BCUT2D eigenvalue weighted by atomic mass is 10.2. The highest BCUT2D eigenvalue weighted by molar-refractivity contribution is 6.31. The van der Waals surface area contributed by atoms with Crippen LogP contribution in [-0.2, 0) is 0 Å². The van der Waals surface area contributed by atoms with Gasteiger partial charge in [0.05, 0.1) is 5.52 Å². The van der Waals surface area contributed by atoms with Crippen molar-refractivity contribution in [2.45, 2.75) is 0 Å². The maximum atomic E-state index is 14.2. The number of anilines is 1. The normalized spacial score (nSPS) is 16.0. The van der Waals surface area contributed by atoms with Crippen molar-refractivity contribution in [3.8, 4) is 0 Å². The van der Waals surface area contributed by atoms with Crippen LogP contribution in [0.5, 0.6) is 0 Å². The van der Waals surface area contributed by atoms with Gasteiger partial charge in [-0.2, -0.15) is 0 Å². The van der Waals surface area contributed by atoms with Crippen LogP contribution in [0.25, 0.3) is 16.7 Å². The van der Waals surface area contributed by atoms with Crippen molar-refractivity contribution in [3.05, 3.63) is 29.3 Å². The molecule has 1 fully saturated rings. The molecule has 3 heterocycles. The zero-order chi connectivity index (χ0) is 14.4. The fourth-order valence-electron chi connectivity index (χ4n) is 2.68. The number of hydrogen-bond acceptors (Lipinski definition) is 5. The third-order valence-electron chi connectivity index (χ3n) is 3.64. The molecule has 0 radical (unpaired) electrons. The van der Waals surface area contributed by atoms with Crippen molar-refractivity contribution in [3.63, 3.8) is 0 Å². The standard InChI is InChI=1S/C13H12ClFN6/c14-8-5-9(15)11-10(6-8)18-12(13-19-17-7-21(11)13)20-3-1-16-2-4-20/h5-7,16H,1-4H2. The molecule has 6 nitrogen and oxygen atoms in total. The van der Waals surface area contributed by atoms with E-state index in [1.165, 1.54) is 12.4 Å². The van der Waals surface area contributed by atoms with Gasteiger partial charge in [0.15, 0.2) is 11.6 Å². The van der Waals surface area contributed by atoms with E-state index in [0.717, 1.165) is 26.2 Å². The first-order valence-electron chi connectivity index (χ1n) is 6.68. The molecule has 21 heavy (non-hydrogen) atoms. The van der Waals surface area contributed by atoms with Gasteiger partial charge in [-0.25, -0.2) is 9.37 Å². The van der Waals surface area contributed by atoms with Crippen molar-refractivity contribution < 1.29 is 4.39 Å². The highest BCUT2D eigenvalue weighted by atomic mass is 35.5. The molecular formula is C13H12ClFN6. The number of nitrogens with one attached hydrogen (secondary N) is 1. The molecule has 1 aromatic carbocycles. The minimum absolute atomic E-state index is 0.325. The smallest absolute Gasteiger partial charge is 0.204 e. The number of aromatic nitrogens is 4. The van der Waals surface area contributed by atoms with E-state index in [2.05, 4.69) is 25.4 Å². The van der Waals surface area contributed by atoms with Gasteiger partial charge in [0.2, 0.25) is 5.65 Å². The second kappa shape index (κ2) is 4.78. The Morgan fingerprint density at radius 2 is 2.05 bits per heavy atom. The van der Waals surface area contributed by atoms with Crippen LogP contribution in [0.15, 0.2) is 18.5 Å². The topological polar surface area (TPSA) is 58.4 Å². The summed E-state index contributed by atoms with van der Waals surface area (Å²) in [5.41, 5.74) is 1.41. The van der Waals surface area contributed by atoms with E-state index in [0.29, 0.717) is 27.5 Å². The fourth-order valence-corrected chi connectivity index (χ4v) is 2.88. The lowest BCUT2D eigenvalue weighted by Gasteiger charge is -2.28. The summed E-state index contributed by atoms with van der Waals surface area (Å²) in [6.45, 7) is 3.40. The minimum Gasteiger partial charge on any atom is -0.351 e. The van der Waals surface area contributed by atoms with E-state index < -0.39 is 5.82 Å². The summed E-state index contributed by atoms with van der Waals surface area (Å²) in [6, 6.07) is 2.93. The summed E-state index contributed by atoms with van der Waals surface area (Å²) in [5.74, 6) is 0.282. The lowest BCUT2D eigenvalue weighted by Crippen LogP contribution is -2.44. The monoisotopic (exact) mass is 306 g/mol. The predicted molar refractivity (Wildman–Crippen MR) is 78.3 cm³/mol. The maximum absolute atomic E-state index is 14.2. The van der Waals surface area contributed by atoms with E-state index in [1.807, 2.05) is 0 Å². The molecule has 108 valence electrons.